The van der Waals surface area contributed by atoms with Crippen LogP contribution in [0, 0.1) is 6.92 Å². The van der Waals surface area contributed by atoms with Crippen LogP contribution in [0.3, 0.4) is 0 Å². The summed E-state index contributed by atoms with van der Waals surface area (Å²) in [5.74, 6) is 2.02. The smallest absolute Gasteiger partial charge is 0.233 e. The van der Waals surface area contributed by atoms with Gasteiger partial charge in [-0.05, 0) is 107 Å². The molecule has 0 amide bonds. The minimum absolute atomic E-state index is 0.0587. The van der Waals surface area contributed by atoms with Gasteiger partial charge in [-0.3, -0.25) is 0 Å². The Morgan fingerprint density at radius 3 is 1.69 bits per heavy atom. The third-order valence-corrected chi connectivity index (χ3v) is 7.84. The monoisotopic (exact) mass is 479 g/mol. The maximum atomic E-state index is 6.49. The predicted molar refractivity (Wildman–Crippen MR) is 147 cm³/mol. The molecule has 0 unspecified atom stereocenters. The molecule has 7 heteroatoms. The van der Waals surface area contributed by atoms with Crippen LogP contribution in [-0.4, -0.2) is 43.1 Å². The van der Waals surface area contributed by atoms with Crippen LogP contribution < -0.4 is 20.9 Å². The number of hydrogen-bond donors (Lipinski definition) is 2. The van der Waals surface area contributed by atoms with Gasteiger partial charge in [0.1, 0.15) is 0 Å². The van der Waals surface area contributed by atoms with E-state index in [1.54, 1.807) is 0 Å². The first-order chi connectivity index (χ1) is 16.1. The third-order valence-electron chi connectivity index (χ3n) is 7.84. The van der Waals surface area contributed by atoms with Crippen LogP contribution in [0.2, 0.25) is 0 Å². The van der Waals surface area contributed by atoms with Crippen molar-refractivity contribution in [3.63, 3.8) is 0 Å². The highest BCUT2D eigenvalue weighted by atomic mass is 15.4. The van der Waals surface area contributed by atoms with Gasteiger partial charge in [0, 0.05) is 33.9 Å². The summed E-state index contributed by atoms with van der Waals surface area (Å²) in [5, 5.41) is 3.47. The molecule has 0 bridgehead atoms. The molecule has 2 aromatic rings. The second kappa shape index (κ2) is 8.61. The van der Waals surface area contributed by atoms with E-state index in [0.29, 0.717) is 11.9 Å². The van der Waals surface area contributed by atoms with E-state index in [1.807, 2.05) is 0 Å². The average molecular weight is 480 g/mol. The van der Waals surface area contributed by atoms with Crippen LogP contribution in [-0.2, 0) is 0 Å². The second-order valence-electron chi connectivity index (χ2n) is 13.2. The summed E-state index contributed by atoms with van der Waals surface area (Å²) in [6, 6.07) is 8.49. The number of benzene rings is 1. The lowest BCUT2D eigenvalue weighted by atomic mass is 9.77. The predicted octanol–water partition coefficient (Wildman–Crippen LogP) is 5.96. The van der Waals surface area contributed by atoms with Crippen LogP contribution in [0.5, 0.6) is 0 Å². The van der Waals surface area contributed by atoms with Crippen LogP contribution in [0.1, 0.15) is 93.1 Å². The minimum Gasteiger partial charge on any atom is -0.330 e. The largest absolute Gasteiger partial charge is 0.330 e. The van der Waals surface area contributed by atoms with Gasteiger partial charge in [-0.25, -0.2) is 0 Å². The molecule has 7 nitrogen and oxygen atoms in total. The van der Waals surface area contributed by atoms with Crippen LogP contribution >= 0.6 is 0 Å². The Bertz CT molecular complexity index is 1020. The normalized spacial score (nSPS) is 23.3. The number of anilines is 4. The number of aryl methyl sites for hydroxylation is 1. The second-order valence-corrected chi connectivity index (χ2v) is 13.2. The van der Waals surface area contributed by atoms with E-state index in [9.17, 15) is 0 Å². The van der Waals surface area contributed by atoms with E-state index in [2.05, 4.69) is 102 Å². The van der Waals surface area contributed by atoms with Crippen molar-refractivity contribution >= 4 is 23.5 Å². The maximum Gasteiger partial charge on any atom is 0.233 e. The molecule has 0 saturated carbocycles. The molecule has 4 rings (SSSR count). The van der Waals surface area contributed by atoms with Crippen molar-refractivity contribution in [2.75, 3.05) is 15.1 Å². The number of aromatic nitrogens is 3. The number of piperidine rings is 2. The number of nitrogens with two attached hydrogens (primary N) is 1. The molecule has 35 heavy (non-hydrogen) atoms. The van der Waals surface area contributed by atoms with E-state index in [1.165, 1.54) is 12.0 Å². The van der Waals surface area contributed by atoms with Gasteiger partial charge in [0.25, 0.3) is 0 Å². The first-order valence-electron chi connectivity index (χ1n) is 13.1. The van der Waals surface area contributed by atoms with Crippen molar-refractivity contribution in [3.05, 3.63) is 29.8 Å². The lowest BCUT2D eigenvalue weighted by Crippen LogP contribution is -2.64. The Hall–Kier alpha value is -2.41. The quantitative estimate of drug-likeness (QED) is 0.560. The Balaban J connectivity index is 1.87. The first-order valence-corrected chi connectivity index (χ1v) is 13.1. The summed E-state index contributed by atoms with van der Waals surface area (Å²) in [6.07, 6.45) is 5.19. The summed E-state index contributed by atoms with van der Waals surface area (Å²) in [5.41, 5.74) is 8.18. The molecule has 3 N–H and O–H groups in total. The molecule has 3 heterocycles. The van der Waals surface area contributed by atoms with Crippen molar-refractivity contribution in [1.29, 1.82) is 0 Å². The number of nitrogens with zero attached hydrogens (tertiary/aromatic N) is 5. The summed E-state index contributed by atoms with van der Waals surface area (Å²) >= 11 is 0. The lowest BCUT2D eigenvalue weighted by Gasteiger charge is -2.55. The molecule has 0 spiro atoms. The molecule has 2 saturated heterocycles. The van der Waals surface area contributed by atoms with Crippen molar-refractivity contribution in [2.45, 2.75) is 123 Å². The van der Waals surface area contributed by atoms with Crippen molar-refractivity contribution in [2.24, 2.45) is 5.73 Å². The van der Waals surface area contributed by atoms with Gasteiger partial charge in [-0.2, -0.15) is 15.0 Å². The molecular weight excluding hydrogens is 434 g/mol. The van der Waals surface area contributed by atoms with Crippen molar-refractivity contribution < 1.29 is 0 Å². The Morgan fingerprint density at radius 2 is 1.20 bits per heavy atom. The molecule has 1 aromatic heterocycles. The van der Waals surface area contributed by atoms with E-state index in [4.69, 9.17) is 20.7 Å². The average Bonchev–Trinajstić information content (AvgIpc) is 2.66. The van der Waals surface area contributed by atoms with Gasteiger partial charge < -0.3 is 20.9 Å². The van der Waals surface area contributed by atoms with Crippen molar-refractivity contribution in [3.8, 4) is 0 Å². The minimum atomic E-state index is -0.187. The Morgan fingerprint density at radius 1 is 0.743 bits per heavy atom. The third kappa shape index (κ3) is 5.11. The summed E-state index contributed by atoms with van der Waals surface area (Å²) in [4.78, 5) is 20.0. The summed E-state index contributed by atoms with van der Waals surface area (Å²) < 4.78 is 0. The van der Waals surface area contributed by atoms with Gasteiger partial charge in [-0.1, -0.05) is 17.7 Å². The fraction of sp³-hybridized carbons (Fsp3) is 0.679. The SMILES string of the molecule is Cc1ccc(Nc2nc(N3C(C)(C)CCCC3(C)C)nc(N3C(C)(C)CC(N)CC3(C)C)n2)cc1. The van der Waals surface area contributed by atoms with Gasteiger partial charge in [0.2, 0.25) is 17.8 Å². The standard InChI is InChI=1S/C28H45N7/c1-19-11-13-21(14-12-19)30-22-31-23(34-25(2,3)15-10-16-26(34,4)5)33-24(32-22)35-27(6,7)17-20(29)18-28(35,8)9/h11-14,20H,10,15-18,29H2,1-9H3,(H,30,31,32,33). The number of rotatable bonds is 4. The van der Waals surface area contributed by atoms with E-state index in [0.717, 1.165) is 37.3 Å². The van der Waals surface area contributed by atoms with Crippen LogP contribution in [0.25, 0.3) is 0 Å². The molecule has 2 aliphatic rings. The summed E-state index contributed by atoms with van der Waals surface area (Å²) in [6.45, 7) is 20.3. The molecule has 192 valence electrons. The lowest BCUT2D eigenvalue weighted by molar-refractivity contribution is 0.215. The molecule has 0 aliphatic carbocycles. The van der Waals surface area contributed by atoms with Crippen molar-refractivity contribution in [1.82, 2.24) is 15.0 Å². The van der Waals surface area contributed by atoms with E-state index < -0.39 is 0 Å². The first kappa shape index (κ1) is 25.7. The van der Waals surface area contributed by atoms with Gasteiger partial charge in [-0.15, -0.1) is 0 Å². The van der Waals surface area contributed by atoms with Crippen LogP contribution in [0.15, 0.2) is 24.3 Å². The zero-order valence-corrected chi connectivity index (χ0v) is 23.2. The van der Waals surface area contributed by atoms with E-state index >= 15 is 0 Å². The molecular formula is C28H45N7. The fourth-order valence-electron chi connectivity index (χ4n) is 6.81. The highest BCUT2D eigenvalue weighted by Crippen LogP contribution is 2.44. The highest BCUT2D eigenvalue weighted by molar-refractivity contribution is 5.58. The van der Waals surface area contributed by atoms with E-state index in [-0.39, 0.29) is 28.2 Å². The Labute approximate surface area is 211 Å². The van der Waals surface area contributed by atoms with Gasteiger partial charge >= 0.3 is 0 Å². The van der Waals surface area contributed by atoms with Gasteiger partial charge in [0.15, 0.2) is 0 Å². The topological polar surface area (TPSA) is 83.2 Å². The van der Waals surface area contributed by atoms with Gasteiger partial charge in [0.05, 0.1) is 0 Å². The number of hydrogen-bond acceptors (Lipinski definition) is 7. The zero-order valence-electron chi connectivity index (χ0n) is 23.2. The highest BCUT2D eigenvalue weighted by Gasteiger charge is 2.47. The molecule has 0 radical (unpaired) electrons. The fourth-order valence-corrected chi connectivity index (χ4v) is 6.81. The molecule has 0 atom stereocenters. The maximum absolute atomic E-state index is 6.49. The molecule has 2 fully saturated rings. The Kier molecular flexibility index (Phi) is 6.32. The molecule has 1 aromatic carbocycles. The molecule has 2 aliphatic heterocycles. The number of nitrogens with one attached hydrogen (secondary N) is 1. The van der Waals surface area contributed by atoms with Crippen LogP contribution in [0.4, 0.5) is 23.5 Å². The summed E-state index contributed by atoms with van der Waals surface area (Å²) in [7, 11) is 0. The zero-order chi connectivity index (χ0) is 25.8.